The molecule has 0 saturated heterocycles. The molecule has 1 aliphatic rings. The lowest BCUT2D eigenvalue weighted by Gasteiger charge is -2.29. The summed E-state index contributed by atoms with van der Waals surface area (Å²) in [4.78, 5) is 25.0. The number of anilines is 1. The summed E-state index contributed by atoms with van der Waals surface area (Å²) in [5, 5.41) is 11.2. The number of aryl methyl sites for hydroxylation is 1. The van der Waals surface area contributed by atoms with Gasteiger partial charge in [0.25, 0.3) is 5.91 Å². The van der Waals surface area contributed by atoms with E-state index in [0.29, 0.717) is 24.2 Å². The molecule has 0 bridgehead atoms. The number of fused-ring (bicyclic) bond motifs is 1. The van der Waals surface area contributed by atoms with Crippen LogP contribution >= 0.6 is 0 Å². The van der Waals surface area contributed by atoms with Gasteiger partial charge in [-0.1, -0.05) is 18.2 Å². The largest absolute Gasteiger partial charge is 0.450 e. The molecule has 0 fully saturated rings. The Morgan fingerprint density at radius 2 is 1.75 bits per heavy atom. The standard InChI is InChI=1S/C23H17F3N2O4/c24-23(25,26)17-9-12-21(20(14-17)28(30)31)32-18-10-7-16(8-11-18)22(29)27-13-3-5-15-4-1-2-6-19(15)27/h1-2,4,6-12,14H,3,5,13H2. The summed E-state index contributed by atoms with van der Waals surface area (Å²) in [6, 6.07) is 15.7. The Morgan fingerprint density at radius 3 is 2.44 bits per heavy atom. The number of nitro benzene ring substituents is 1. The molecular formula is C23H17F3N2O4. The van der Waals surface area contributed by atoms with Gasteiger partial charge in [0.2, 0.25) is 5.75 Å². The second kappa shape index (κ2) is 8.33. The van der Waals surface area contributed by atoms with Crippen LogP contribution in [0.2, 0.25) is 0 Å². The smallest absolute Gasteiger partial charge is 0.416 e. The highest BCUT2D eigenvalue weighted by Gasteiger charge is 2.33. The molecule has 1 aliphatic heterocycles. The van der Waals surface area contributed by atoms with Crippen LogP contribution in [0.5, 0.6) is 11.5 Å². The topological polar surface area (TPSA) is 72.7 Å². The lowest BCUT2D eigenvalue weighted by molar-refractivity contribution is -0.385. The molecule has 0 aliphatic carbocycles. The summed E-state index contributed by atoms with van der Waals surface area (Å²) in [6.45, 7) is 0.589. The number of para-hydroxylation sites is 1. The summed E-state index contributed by atoms with van der Waals surface area (Å²) in [5.74, 6) is -0.361. The molecule has 0 atom stereocenters. The Labute approximate surface area is 181 Å². The van der Waals surface area contributed by atoms with Crippen molar-refractivity contribution in [3.8, 4) is 11.5 Å². The first-order valence-electron chi connectivity index (χ1n) is 9.77. The van der Waals surface area contributed by atoms with Crippen LogP contribution in [0.1, 0.15) is 27.9 Å². The van der Waals surface area contributed by atoms with E-state index in [-0.39, 0.29) is 17.4 Å². The predicted octanol–water partition coefficient (Wildman–Crippen LogP) is 6.00. The van der Waals surface area contributed by atoms with Gasteiger partial charge in [0.05, 0.1) is 10.5 Å². The molecule has 3 aromatic carbocycles. The number of carbonyl (C=O) groups is 1. The van der Waals surface area contributed by atoms with Crippen molar-refractivity contribution in [2.75, 3.05) is 11.4 Å². The molecule has 0 aromatic heterocycles. The summed E-state index contributed by atoms with van der Waals surface area (Å²) in [7, 11) is 0. The quantitative estimate of drug-likeness (QED) is 0.367. The number of ether oxygens (including phenoxy) is 1. The molecule has 0 N–H and O–H groups in total. The maximum absolute atomic E-state index is 13.0. The number of hydrogen-bond acceptors (Lipinski definition) is 4. The van der Waals surface area contributed by atoms with E-state index in [1.165, 1.54) is 24.3 Å². The number of carbonyl (C=O) groups excluding carboxylic acids is 1. The highest BCUT2D eigenvalue weighted by molar-refractivity contribution is 6.06. The van der Waals surface area contributed by atoms with E-state index in [2.05, 4.69) is 0 Å². The fraction of sp³-hybridized carbons (Fsp3) is 0.174. The van der Waals surface area contributed by atoms with E-state index in [0.717, 1.165) is 30.2 Å². The number of amides is 1. The highest BCUT2D eigenvalue weighted by atomic mass is 19.4. The number of halogens is 3. The lowest BCUT2D eigenvalue weighted by atomic mass is 10.0. The first-order valence-corrected chi connectivity index (χ1v) is 9.77. The molecule has 0 spiro atoms. The Bertz CT molecular complexity index is 1180. The minimum absolute atomic E-state index is 0.156. The normalized spacial score (nSPS) is 13.4. The maximum Gasteiger partial charge on any atom is 0.416 e. The van der Waals surface area contributed by atoms with Gasteiger partial charge in [-0.3, -0.25) is 14.9 Å². The van der Waals surface area contributed by atoms with Crippen LogP contribution in [0, 0.1) is 10.1 Å². The van der Waals surface area contributed by atoms with Crippen molar-refractivity contribution in [1.82, 2.24) is 0 Å². The van der Waals surface area contributed by atoms with Crippen LogP contribution < -0.4 is 9.64 Å². The van der Waals surface area contributed by atoms with Crippen molar-refractivity contribution < 1.29 is 27.6 Å². The average Bonchev–Trinajstić information content (AvgIpc) is 2.78. The molecule has 32 heavy (non-hydrogen) atoms. The van der Waals surface area contributed by atoms with Crippen molar-refractivity contribution in [1.29, 1.82) is 0 Å². The van der Waals surface area contributed by atoms with Crippen molar-refractivity contribution in [3.63, 3.8) is 0 Å². The van der Waals surface area contributed by atoms with Gasteiger partial charge in [0.15, 0.2) is 0 Å². The molecule has 6 nitrogen and oxygen atoms in total. The number of hydrogen-bond donors (Lipinski definition) is 0. The van der Waals surface area contributed by atoms with E-state index in [1.807, 2.05) is 24.3 Å². The van der Waals surface area contributed by atoms with E-state index >= 15 is 0 Å². The Balaban J connectivity index is 1.55. The van der Waals surface area contributed by atoms with Crippen LogP contribution in [-0.4, -0.2) is 17.4 Å². The van der Waals surface area contributed by atoms with Crippen LogP contribution in [0.3, 0.4) is 0 Å². The summed E-state index contributed by atoms with van der Waals surface area (Å²) in [6.07, 6.45) is -2.96. The molecule has 3 aromatic rings. The number of benzene rings is 3. The van der Waals surface area contributed by atoms with Crippen LogP contribution in [-0.2, 0) is 12.6 Å². The van der Waals surface area contributed by atoms with Gasteiger partial charge in [0.1, 0.15) is 5.75 Å². The summed E-state index contributed by atoms with van der Waals surface area (Å²) in [5.41, 5.74) is 0.423. The molecule has 0 unspecified atom stereocenters. The zero-order chi connectivity index (χ0) is 22.9. The highest BCUT2D eigenvalue weighted by Crippen LogP contribution is 2.38. The van der Waals surface area contributed by atoms with Crippen LogP contribution in [0.15, 0.2) is 66.7 Å². The van der Waals surface area contributed by atoms with E-state index in [4.69, 9.17) is 4.74 Å². The van der Waals surface area contributed by atoms with Crippen molar-refractivity contribution in [2.24, 2.45) is 0 Å². The minimum atomic E-state index is -4.71. The Morgan fingerprint density at radius 1 is 1.03 bits per heavy atom. The number of rotatable bonds is 4. The Hall–Kier alpha value is -3.88. The second-order valence-corrected chi connectivity index (χ2v) is 7.25. The first-order chi connectivity index (χ1) is 15.2. The first kappa shape index (κ1) is 21.4. The summed E-state index contributed by atoms with van der Waals surface area (Å²) < 4.78 is 44.0. The van der Waals surface area contributed by atoms with Crippen molar-refractivity contribution >= 4 is 17.3 Å². The van der Waals surface area contributed by atoms with Gasteiger partial charge in [-0.25, -0.2) is 0 Å². The van der Waals surface area contributed by atoms with Gasteiger partial charge < -0.3 is 9.64 Å². The third kappa shape index (κ3) is 4.27. The molecule has 0 saturated carbocycles. The molecular weight excluding hydrogens is 425 g/mol. The zero-order valence-corrected chi connectivity index (χ0v) is 16.6. The fourth-order valence-corrected chi connectivity index (χ4v) is 3.62. The average molecular weight is 442 g/mol. The molecule has 4 rings (SSSR count). The third-order valence-corrected chi connectivity index (χ3v) is 5.17. The fourth-order valence-electron chi connectivity index (χ4n) is 3.62. The van der Waals surface area contributed by atoms with Crippen molar-refractivity contribution in [2.45, 2.75) is 19.0 Å². The molecule has 0 radical (unpaired) electrons. The maximum atomic E-state index is 13.0. The van der Waals surface area contributed by atoms with Gasteiger partial charge >= 0.3 is 11.9 Å². The molecule has 9 heteroatoms. The van der Waals surface area contributed by atoms with Crippen molar-refractivity contribution in [3.05, 3.63) is 93.5 Å². The van der Waals surface area contributed by atoms with Crippen LogP contribution in [0.25, 0.3) is 0 Å². The Kier molecular flexibility index (Phi) is 5.56. The predicted molar refractivity (Wildman–Crippen MR) is 111 cm³/mol. The van der Waals surface area contributed by atoms with E-state index < -0.39 is 22.4 Å². The monoisotopic (exact) mass is 442 g/mol. The molecule has 164 valence electrons. The number of nitrogens with zero attached hydrogens (tertiary/aromatic N) is 2. The number of nitro groups is 1. The van der Waals surface area contributed by atoms with E-state index in [1.54, 1.807) is 4.90 Å². The van der Waals surface area contributed by atoms with Gasteiger partial charge in [-0.15, -0.1) is 0 Å². The van der Waals surface area contributed by atoms with Gasteiger partial charge in [0, 0.05) is 23.9 Å². The third-order valence-electron chi connectivity index (χ3n) is 5.17. The zero-order valence-electron chi connectivity index (χ0n) is 16.6. The summed E-state index contributed by atoms with van der Waals surface area (Å²) >= 11 is 0. The van der Waals surface area contributed by atoms with Crippen LogP contribution in [0.4, 0.5) is 24.5 Å². The van der Waals surface area contributed by atoms with Gasteiger partial charge in [-0.05, 0) is 60.9 Å². The van der Waals surface area contributed by atoms with E-state index in [9.17, 15) is 28.1 Å². The number of alkyl halides is 3. The molecule has 1 amide bonds. The SMILES string of the molecule is O=C(c1ccc(Oc2ccc(C(F)(F)F)cc2[N+](=O)[O-])cc1)N1CCCc2ccccc21. The minimum Gasteiger partial charge on any atom is -0.450 e. The second-order valence-electron chi connectivity index (χ2n) is 7.25. The lowest BCUT2D eigenvalue weighted by Crippen LogP contribution is -2.35. The molecule has 1 heterocycles. The van der Waals surface area contributed by atoms with Gasteiger partial charge in [-0.2, -0.15) is 13.2 Å².